The highest BCUT2D eigenvalue weighted by molar-refractivity contribution is 6.30. The van der Waals surface area contributed by atoms with Gasteiger partial charge in [0, 0.05) is 5.56 Å². The molecule has 1 heterocycles. The molecule has 0 saturated carbocycles. The predicted octanol–water partition coefficient (Wildman–Crippen LogP) is 1.59. The van der Waals surface area contributed by atoms with Gasteiger partial charge in [-0.3, -0.25) is 4.79 Å². The SMILES string of the molecule is COC(=O)CNc1nc(Cl)c2c(n1)CCCC2. The van der Waals surface area contributed by atoms with Crippen LogP contribution in [-0.4, -0.2) is 29.6 Å². The maximum atomic E-state index is 11.0. The van der Waals surface area contributed by atoms with Gasteiger partial charge in [-0.15, -0.1) is 0 Å². The van der Waals surface area contributed by atoms with Crippen molar-refractivity contribution in [2.24, 2.45) is 0 Å². The molecule has 0 aliphatic heterocycles. The molecule has 6 heteroatoms. The van der Waals surface area contributed by atoms with E-state index < -0.39 is 0 Å². The van der Waals surface area contributed by atoms with Gasteiger partial charge in [0.1, 0.15) is 11.7 Å². The first-order valence-corrected chi connectivity index (χ1v) is 5.94. The first kappa shape index (κ1) is 12.1. The summed E-state index contributed by atoms with van der Waals surface area (Å²) in [5, 5.41) is 3.29. The van der Waals surface area contributed by atoms with Gasteiger partial charge in [0.2, 0.25) is 5.95 Å². The van der Waals surface area contributed by atoms with E-state index in [-0.39, 0.29) is 12.5 Å². The average molecular weight is 256 g/mol. The van der Waals surface area contributed by atoms with Crippen molar-refractivity contribution in [2.75, 3.05) is 19.0 Å². The molecule has 0 aromatic carbocycles. The topological polar surface area (TPSA) is 64.1 Å². The molecule has 0 amide bonds. The number of carbonyl (C=O) groups excluding carboxylic acids is 1. The van der Waals surface area contributed by atoms with E-state index in [9.17, 15) is 4.79 Å². The molecule has 0 unspecified atom stereocenters. The Balaban J connectivity index is 2.13. The van der Waals surface area contributed by atoms with Gasteiger partial charge in [-0.25, -0.2) is 9.97 Å². The van der Waals surface area contributed by atoms with Crippen LogP contribution in [0.4, 0.5) is 5.95 Å². The fourth-order valence-corrected chi connectivity index (χ4v) is 2.13. The fourth-order valence-electron chi connectivity index (χ4n) is 1.85. The molecule has 5 nitrogen and oxygen atoms in total. The highest BCUT2D eigenvalue weighted by atomic mass is 35.5. The largest absolute Gasteiger partial charge is 0.468 e. The Kier molecular flexibility index (Phi) is 3.78. The highest BCUT2D eigenvalue weighted by Gasteiger charge is 2.16. The Morgan fingerprint density at radius 2 is 2.18 bits per heavy atom. The zero-order valence-corrected chi connectivity index (χ0v) is 10.4. The minimum atomic E-state index is -0.359. The zero-order chi connectivity index (χ0) is 12.3. The van der Waals surface area contributed by atoms with Crippen LogP contribution in [-0.2, 0) is 22.4 Å². The monoisotopic (exact) mass is 255 g/mol. The number of aromatic nitrogens is 2. The van der Waals surface area contributed by atoms with Crippen LogP contribution in [0.1, 0.15) is 24.1 Å². The van der Waals surface area contributed by atoms with Crippen molar-refractivity contribution in [1.29, 1.82) is 0 Å². The van der Waals surface area contributed by atoms with Crippen LogP contribution in [0, 0.1) is 0 Å². The third-order valence-electron chi connectivity index (χ3n) is 2.75. The molecule has 0 spiro atoms. The van der Waals surface area contributed by atoms with E-state index in [1.54, 1.807) is 0 Å². The molecule has 0 fully saturated rings. The number of nitrogens with one attached hydrogen (secondary N) is 1. The molecular formula is C11H14ClN3O2. The van der Waals surface area contributed by atoms with Crippen molar-refractivity contribution in [3.63, 3.8) is 0 Å². The Labute approximate surface area is 105 Å². The molecule has 0 bridgehead atoms. The molecule has 92 valence electrons. The number of halogens is 1. The summed E-state index contributed by atoms with van der Waals surface area (Å²) in [7, 11) is 1.34. The first-order valence-electron chi connectivity index (χ1n) is 5.56. The lowest BCUT2D eigenvalue weighted by molar-refractivity contribution is -0.138. The van der Waals surface area contributed by atoms with E-state index in [0.29, 0.717) is 11.1 Å². The van der Waals surface area contributed by atoms with Gasteiger partial charge in [0.05, 0.1) is 12.8 Å². The number of fused-ring (bicyclic) bond motifs is 1. The van der Waals surface area contributed by atoms with Crippen molar-refractivity contribution in [2.45, 2.75) is 25.7 Å². The van der Waals surface area contributed by atoms with E-state index in [0.717, 1.165) is 36.9 Å². The van der Waals surface area contributed by atoms with Gasteiger partial charge in [-0.2, -0.15) is 0 Å². The maximum absolute atomic E-state index is 11.0. The van der Waals surface area contributed by atoms with Gasteiger partial charge < -0.3 is 10.1 Å². The van der Waals surface area contributed by atoms with Crippen LogP contribution < -0.4 is 5.32 Å². The van der Waals surface area contributed by atoms with Gasteiger partial charge in [-0.1, -0.05) is 11.6 Å². The van der Waals surface area contributed by atoms with Crippen molar-refractivity contribution in [3.8, 4) is 0 Å². The summed E-state index contributed by atoms with van der Waals surface area (Å²) in [6.07, 6.45) is 4.11. The number of nitrogens with zero attached hydrogens (tertiary/aromatic N) is 2. The molecule has 1 aliphatic rings. The maximum Gasteiger partial charge on any atom is 0.325 e. The molecule has 0 saturated heterocycles. The first-order chi connectivity index (χ1) is 8.20. The molecule has 0 atom stereocenters. The summed E-state index contributed by atoms with van der Waals surface area (Å²) in [5.41, 5.74) is 2.03. The number of esters is 1. The number of ether oxygens (including phenoxy) is 1. The predicted molar refractivity (Wildman–Crippen MR) is 64.2 cm³/mol. The van der Waals surface area contributed by atoms with Crippen molar-refractivity contribution >= 4 is 23.5 Å². The lowest BCUT2D eigenvalue weighted by Crippen LogP contribution is -2.18. The van der Waals surface area contributed by atoms with Crippen LogP contribution >= 0.6 is 11.6 Å². The summed E-state index contributed by atoms with van der Waals surface area (Å²) in [6.45, 7) is 0.0472. The van der Waals surface area contributed by atoms with Crippen molar-refractivity contribution < 1.29 is 9.53 Å². The van der Waals surface area contributed by atoms with Crippen molar-refractivity contribution in [3.05, 3.63) is 16.4 Å². The molecular weight excluding hydrogens is 242 g/mol. The van der Waals surface area contributed by atoms with Gasteiger partial charge in [0.15, 0.2) is 0 Å². The highest BCUT2D eigenvalue weighted by Crippen LogP contribution is 2.26. The lowest BCUT2D eigenvalue weighted by atomic mass is 9.97. The number of methoxy groups -OCH3 is 1. The third kappa shape index (κ3) is 2.85. The molecule has 1 aromatic rings. The van der Waals surface area contributed by atoms with Crippen LogP contribution in [0.3, 0.4) is 0 Å². The Morgan fingerprint density at radius 3 is 2.94 bits per heavy atom. The van der Waals surface area contributed by atoms with Crippen LogP contribution in [0.2, 0.25) is 5.15 Å². The van der Waals surface area contributed by atoms with Crippen LogP contribution in [0.25, 0.3) is 0 Å². The summed E-state index contributed by atoms with van der Waals surface area (Å²) in [4.78, 5) is 19.5. The molecule has 2 rings (SSSR count). The minimum Gasteiger partial charge on any atom is -0.468 e. The Bertz CT molecular complexity index is 437. The van der Waals surface area contributed by atoms with E-state index in [4.69, 9.17) is 11.6 Å². The lowest BCUT2D eigenvalue weighted by Gasteiger charge is -2.16. The second kappa shape index (κ2) is 5.31. The summed E-state index contributed by atoms with van der Waals surface area (Å²) in [5.74, 6) is 0.0310. The number of rotatable bonds is 3. The van der Waals surface area contributed by atoms with Crippen molar-refractivity contribution in [1.82, 2.24) is 9.97 Å². The number of aryl methyl sites for hydroxylation is 1. The number of hydrogen-bond donors (Lipinski definition) is 1. The number of hydrogen-bond acceptors (Lipinski definition) is 5. The van der Waals surface area contributed by atoms with E-state index in [1.807, 2.05) is 0 Å². The van der Waals surface area contributed by atoms with Gasteiger partial charge >= 0.3 is 5.97 Å². The second-order valence-electron chi connectivity index (χ2n) is 3.90. The van der Waals surface area contributed by atoms with Gasteiger partial charge in [-0.05, 0) is 25.7 Å². The summed E-state index contributed by atoms with van der Waals surface area (Å²) in [6, 6.07) is 0. The molecule has 1 aromatic heterocycles. The molecule has 0 radical (unpaired) electrons. The average Bonchev–Trinajstić information content (AvgIpc) is 2.36. The van der Waals surface area contributed by atoms with E-state index >= 15 is 0 Å². The molecule has 1 aliphatic carbocycles. The van der Waals surface area contributed by atoms with E-state index in [2.05, 4.69) is 20.0 Å². The standard InChI is InChI=1S/C11H14ClN3O2/c1-17-9(16)6-13-11-14-8-5-3-2-4-7(8)10(12)15-11/h2-6H2,1H3,(H,13,14,15). The van der Waals surface area contributed by atoms with Crippen LogP contribution in [0.15, 0.2) is 0 Å². The number of carbonyl (C=O) groups is 1. The van der Waals surface area contributed by atoms with Gasteiger partial charge in [0.25, 0.3) is 0 Å². The Morgan fingerprint density at radius 1 is 1.41 bits per heavy atom. The second-order valence-corrected chi connectivity index (χ2v) is 4.26. The normalized spacial score (nSPS) is 14.0. The fraction of sp³-hybridized carbons (Fsp3) is 0.545. The third-order valence-corrected chi connectivity index (χ3v) is 3.06. The zero-order valence-electron chi connectivity index (χ0n) is 9.62. The van der Waals surface area contributed by atoms with E-state index in [1.165, 1.54) is 7.11 Å². The minimum absolute atomic E-state index is 0.0472. The molecule has 17 heavy (non-hydrogen) atoms. The summed E-state index contributed by atoms with van der Waals surface area (Å²) < 4.78 is 4.52. The quantitative estimate of drug-likeness (QED) is 0.656. The molecule has 1 N–H and O–H groups in total. The van der Waals surface area contributed by atoms with Crippen LogP contribution in [0.5, 0.6) is 0 Å². The Hall–Kier alpha value is -1.36. The number of anilines is 1. The summed E-state index contributed by atoms with van der Waals surface area (Å²) >= 11 is 6.09. The smallest absolute Gasteiger partial charge is 0.325 e.